The summed E-state index contributed by atoms with van der Waals surface area (Å²) in [6, 6.07) is 3.70. The third-order valence-corrected chi connectivity index (χ3v) is 2.23. The fourth-order valence-electron chi connectivity index (χ4n) is 1.38. The number of nitrogens with zero attached hydrogens (tertiary/aromatic N) is 2. The summed E-state index contributed by atoms with van der Waals surface area (Å²) in [4.78, 5) is 0. The number of rotatable bonds is 1. The maximum atomic E-state index is 13.0. The topological polar surface area (TPSA) is 64.1 Å². The third-order valence-electron chi connectivity index (χ3n) is 2.23. The van der Waals surface area contributed by atoms with Crippen molar-refractivity contribution >= 4 is 5.82 Å². The van der Waals surface area contributed by atoms with Crippen LogP contribution < -0.4 is 5.73 Å². The summed E-state index contributed by atoms with van der Waals surface area (Å²) in [6.07, 6.45) is 1.49. The highest BCUT2D eigenvalue weighted by Gasteiger charge is 2.12. The van der Waals surface area contributed by atoms with Gasteiger partial charge in [-0.15, -0.1) is 0 Å². The van der Waals surface area contributed by atoms with Crippen LogP contribution in [0.3, 0.4) is 0 Å². The molecule has 0 aliphatic carbocycles. The van der Waals surface area contributed by atoms with Gasteiger partial charge in [0.25, 0.3) is 0 Å². The van der Waals surface area contributed by atoms with Gasteiger partial charge in [-0.05, 0) is 18.2 Å². The summed E-state index contributed by atoms with van der Waals surface area (Å²) in [7, 11) is 1.68. The van der Waals surface area contributed by atoms with Crippen LogP contribution in [0.1, 0.15) is 0 Å². The SMILES string of the molecule is Cn1ncc(-c2cc(F)ccc2O)c1N. The van der Waals surface area contributed by atoms with Crippen LogP contribution in [-0.2, 0) is 7.05 Å². The number of aromatic hydroxyl groups is 1. The second-order valence-electron chi connectivity index (χ2n) is 3.23. The number of phenols is 1. The molecule has 1 aromatic heterocycles. The predicted molar refractivity (Wildman–Crippen MR) is 54.7 cm³/mol. The van der Waals surface area contributed by atoms with Gasteiger partial charge >= 0.3 is 0 Å². The number of hydrogen-bond acceptors (Lipinski definition) is 3. The minimum absolute atomic E-state index is 0.0175. The molecule has 0 saturated carbocycles. The van der Waals surface area contributed by atoms with E-state index in [1.165, 1.54) is 29.1 Å². The van der Waals surface area contributed by atoms with E-state index >= 15 is 0 Å². The summed E-state index contributed by atoms with van der Waals surface area (Å²) in [5.41, 5.74) is 6.59. The molecule has 5 heteroatoms. The van der Waals surface area contributed by atoms with Crippen molar-refractivity contribution < 1.29 is 9.50 Å². The Kier molecular flexibility index (Phi) is 2.07. The van der Waals surface area contributed by atoms with Crippen LogP contribution in [-0.4, -0.2) is 14.9 Å². The van der Waals surface area contributed by atoms with E-state index in [1.54, 1.807) is 7.05 Å². The number of benzene rings is 1. The number of nitrogens with two attached hydrogens (primary N) is 1. The van der Waals surface area contributed by atoms with E-state index in [1.807, 2.05) is 0 Å². The number of halogens is 1. The van der Waals surface area contributed by atoms with Crippen LogP contribution in [0.4, 0.5) is 10.2 Å². The van der Waals surface area contributed by atoms with Gasteiger partial charge in [0.05, 0.1) is 6.20 Å². The van der Waals surface area contributed by atoms with Gasteiger partial charge in [-0.3, -0.25) is 4.68 Å². The molecular formula is C10H10FN3O. The standard InChI is InChI=1S/C10H10FN3O/c1-14-10(12)8(5-13-14)7-4-6(11)2-3-9(7)15/h2-5,15H,12H2,1H3. The molecular weight excluding hydrogens is 197 g/mol. The van der Waals surface area contributed by atoms with Crippen molar-refractivity contribution in [2.75, 3.05) is 5.73 Å². The van der Waals surface area contributed by atoms with Crippen molar-refractivity contribution in [1.29, 1.82) is 0 Å². The molecule has 0 aliphatic heterocycles. The van der Waals surface area contributed by atoms with E-state index in [4.69, 9.17) is 5.73 Å². The molecule has 1 heterocycles. The van der Waals surface area contributed by atoms with E-state index in [9.17, 15) is 9.50 Å². The first-order chi connectivity index (χ1) is 7.09. The van der Waals surface area contributed by atoms with Gasteiger partial charge in [-0.2, -0.15) is 5.10 Å². The Balaban J connectivity index is 2.63. The molecule has 3 N–H and O–H groups in total. The summed E-state index contributed by atoms with van der Waals surface area (Å²) < 4.78 is 14.5. The molecule has 2 aromatic rings. The fraction of sp³-hybridized carbons (Fsp3) is 0.100. The van der Waals surface area contributed by atoms with Gasteiger partial charge in [0, 0.05) is 18.2 Å². The monoisotopic (exact) mass is 207 g/mol. The average molecular weight is 207 g/mol. The van der Waals surface area contributed by atoms with Crippen molar-refractivity contribution in [3.05, 3.63) is 30.2 Å². The number of aryl methyl sites for hydroxylation is 1. The summed E-state index contributed by atoms with van der Waals surface area (Å²) >= 11 is 0. The second-order valence-corrected chi connectivity index (χ2v) is 3.23. The van der Waals surface area contributed by atoms with Crippen molar-refractivity contribution in [1.82, 2.24) is 9.78 Å². The molecule has 0 spiro atoms. The van der Waals surface area contributed by atoms with E-state index in [-0.39, 0.29) is 5.75 Å². The quantitative estimate of drug-likeness (QED) is 0.745. The van der Waals surface area contributed by atoms with Crippen LogP contribution in [0.5, 0.6) is 5.75 Å². The largest absolute Gasteiger partial charge is 0.507 e. The first-order valence-corrected chi connectivity index (χ1v) is 4.36. The Labute approximate surface area is 85.8 Å². The zero-order chi connectivity index (χ0) is 11.0. The lowest BCUT2D eigenvalue weighted by atomic mass is 10.1. The number of hydrogen-bond donors (Lipinski definition) is 2. The third kappa shape index (κ3) is 1.52. The smallest absolute Gasteiger partial charge is 0.129 e. The van der Waals surface area contributed by atoms with Crippen LogP contribution >= 0.6 is 0 Å². The lowest BCUT2D eigenvalue weighted by Gasteiger charge is -2.03. The van der Waals surface area contributed by atoms with Gasteiger partial charge < -0.3 is 10.8 Å². The van der Waals surface area contributed by atoms with Gasteiger partial charge in [-0.25, -0.2) is 4.39 Å². The van der Waals surface area contributed by atoms with Crippen molar-refractivity contribution in [3.63, 3.8) is 0 Å². The van der Waals surface area contributed by atoms with E-state index in [0.29, 0.717) is 16.9 Å². The molecule has 0 aliphatic rings. The second kappa shape index (κ2) is 3.27. The minimum atomic E-state index is -0.425. The van der Waals surface area contributed by atoms with Crippen LogP contribution in [0, 0.1) is 5.82 Å². The highest BCUT2D eigenvalue weighted by Crippen LogP contribution is 2.32. The summed E-state index contributed by atoms with van der Waals surface area (Å²) in [5, 5.41) is 13.5. The molecule has 0 fully saturated rings. The van der Waals surface area contributed by atoms with E-state index in [0.717, 1.165) is 0 Å². The van der Waals surface area contributed by atoms with E-state index < -0.39 is 5.82 Å². The minimum Gasteiger partial charge on any atom is -0.507 e. The number of nitrogen functional groups attached to an aromatic ring is 1. The fourth-order valence-corrected chi connectivity index (χ4v) is 1.38. The molecule has 0 saturated heterocycles. The molecule has 0 atom stereocenters. The lowest BCUT2D eigenvalue weighted by molar-refractivity contribution is 0.475. The lowest BCUT2D eigenvalue weighted by Crippen LogP contribution is -1.98. The van der Waals surface area contributed by atoms with Gasteiger partial charge in [0.1, 0.15) is 17.4 Å². The Morgan fingerprint density at radius 3 is 2.73 bits per heavy atom. The molecule has 0 bridgehead atoms. The Hall–Kier alpha value is -2.04. The summed E-state index contributed by atoms with van der Waals surface area (Å²) in [6.45, 7) is 0. The maximum absolute atomic E-state index is 13.0. The van der Waals surface area contributed by atoms with Crippen molar-refractivity contribution in [3.8, 4) is 16.9 Å². The first kappa shape index (κ1) is 9.51. The molecule has 0 radical (unpaired) electrons. The van der Waals surface area contributed by atoms with Gasteiger partial charge in [0.15, 0.2) is 0 Å². The molecule has 4 nitrogen and oxygen atoms in total. The molecule has 0 amide bonds. The predicted octanol–water partition coefficient (Wildman–Crippen LogP) is 1.51. The first-order valence-electron chi connectivity index (χ1n) is 4.36. The molecule has 78 valence electrons. The summed E-state index contributed by atoms with van der Waals surface area (Å²) in [5.74, 6) is -0.0574. The number of phenolic OH excluding ortho intramolecular Hbond substituents is 1. The van der Waals surface area contributed by atoms with E-state index in [2.05, 4.69) is 5.10 Å². The zero-order valence-electron chi connectivity index (χ0n) is 8.11. The Morgan fingerprint density at radius 2 is 2.13 bits per heavy atom. The van der Waals surface area contributed by atoms with Crippen molar-refractivity contribution in [2.24, 2.45) is 7.05 Å². The average Bonchev–Trinajstić information content (AvgIpc) is 2.52. The maximum Gasteiger partial charge on any atom is 0.129 e. The Morgan fingerprint density at radius 1 is 1.40 bits per heavy atom. The molecule has 0 unspecified atom stereocenters. The molecule has 15 heavy (non-hydrogen) atoms. The number of aromatic nitrogens is 2. The van der Waals surface area contributed by atoms with Crippen molar-refractivity contribution in [2.45, 2.75) is 0 Å². The molecule has 1 aromatic carbocycles. The Bertz CT molecular complexity index is 507. The highest BCUT2D eigenvalue weighted by molar-refractivity contribution is 5.77. The molecule has 2 rings (SSSR count). The van der Waals surface area contributed by atoms with Gasteiger partial charge in [-0.1, -0.05) is 0 Å². The highest BCUT2D eigenvalue weighted by atomic mass is 19.1. The van der Waals surface area contributed by atoms with Crippen LogP contribution in [0.2, 0.25) is 0 Å². The zero-order valence-corrected chi connectivity index (χ0v) is 8.11. The van der Waals surface area contributed by atoms with Crippen LogP contribution in [0.25, 0.3) is 11.1 Å². The number of anilines is 1. The normalized spacial score (nSPS) is 10.5. The van der Waals surface area contributed by atoms with Gasteiger partial charge in [0.2, 0.25) is 0 Å². The van der Waals surface area contributed by atoms with Crippen LogP contribution in [0.15, 0.2) is 24.4 Å².